The van der Waals surface area contributed by atoms with Crippen molar-refractivity contribution >= 4 is 11.7 Å². The van der Waals surface area contributed by atoms with Crippen LogP contribution in [0.4, 0.5) is 5.82 Å². The van der Waals surface area contributed by atoms with Gasteiger partial charge in [-0.05, 0) is 37.4 Å². The molecule has 26 heavy (non-hydrogen) atoms. The van der Waals surface area contributed by atoms with Crippen LogP contribution in [0.3, 0.4) is 0 Å². The van der Waals surface area contributed by atoms with Crippen molar-refractivity contribution in [2.75, 3.05) is 45.3 Å². The van der Waals surface area contributed by atoms with Crippen molar-refractivity contribution in [1.82, 2.24) is 15.2 Å². The Balaban J connectivity index is 1.60. The number of rotatable bonds is 6. The Morgan fingerprint density at radius 1 is 1.15 bits per heavy atom. The quantitative estimate of drug-likeness (QED) is 0.859. The lowest BCUT2D eigenvalue weighted by atomic mass is 10.1. The highest BCUT2D eigenvalue weighted by atomic mass is 16.5. The molecule has 2 heterocycles. The third-order valence-corrected chi connectivity index (χ3v) is 4.39. The van der Waals surface area contributed by atoms with Crippen LogP contribution in [0, 0.1) is 0 Å². The van der Waals surface area contributed by atoms with Crippen molar-refractivity contribution in [3.8, 4) is 0 Å². The van der Waals surface area contributed by atoms with Gasteiger partial charge in [-0.1, -0.05) is 24.3 Å². The fraction of sp³-hybridized carbons (Fsp3) is 0.400. The second-order valence-corrected chi connectivity index (χ2v) is 6.69. The molecule has 0 saturated carbocycles. The summed E-state index contributed by atoms with van der Waals surface area (Å²) in [6.45, 7) is 4.46. The maximum Gasteiger partial charge on any atom is 0.253 e. The van der Waals surface area contributed by atoms with Crippen LogP contribution in [0.15, 0.2) is 42.6 Å². The van der Waals surface area contributed by atoms with Crippen LogP contribution in [0.2, 0.25) is 0 Å². The summed E-state index contributed by atoms with van der Waals surface area (Å²) in [7, 11) is 4.08. The number of morpholine rings is 1. The number of ether oxygens (including phenoxy) is 1. The van der Waals surface area contributed by atoms with Gasteiger partial charge in [-0.15, -0.1) is 0 Å². The summed E-state index contributed by atoms with van der Waals surface area (Å²) >= 11 is 0. The van der Waals surface area contributed by atoms with Gasteiger partial charge in [0.15, 0.2) is 0 Å². The Morgan fingerprint density at radius 3 is 2.54 bits per heavy atom. The van der Waals surface area contributed by atoms with Gasteiger partial charge in [-0.3, -0.25) is 4.79 Å². The van der Waals surface area contributed by atoms with Crippen LogP contribution in [-0.4, -0.2) is 56.2 Å². The molecule has 2 aromatic rings. The summed E-state index contributed by atoms with van der Waals surface area (Å²) in [5.41, 5.74) is 2.93. The molecule has 138 valence electrons. The molecule has 1 N–H and O–H groups in total. The van der Waals surface area contributed by atoms with Gasteiger partial charge in [0.05, 0.1) is 18.8 Å². The third kappa shape index (κ3) is 4.80. The first-order valence-corrected chi connectivity index (χ1v) is 8.92. The third-order valence-electron chi connectivity index (χ3n) is 4.39. The van der Waals surface area contributed by atoms with E-state index in [1.807, 2.05) is 38.4 Å². The van der Waals surface area contributed by atoms with E-state index in [9.17, 15) is 4.79 Å². The van der Waals surface area contributed by atoms with Crippen molar-refractivity contribution in [2.24, 2.45) is 0 Å². The number of carbonyl (C=O) groups excluding carboxylic acids is 1. The lowest BCUT2D eigenvalue weighted by molar-refractivity contribution is 0.0950. The molecule has 1 saturated heterocycles. The lowest BCUT2D eigenvalue weighted by Gasteiger charge is -2.27. The summed E-state index contributed by atoms with van der Waals surface area (Å²) in [5.74, 6) is 0.784. The van der Waals surface area contributed by atoms with E-state index in [1.54, 1.807) is 6.20 Å². The molecule has 0 aliphatic carbocycles. The number of hydrogen-bond acceptors (Lipinski definition) is 5. The fourth-order valence-corrected chi connectivity index (χ4v) is 3.00. The Kier molecular flexibility index (Phi) is 6.20. The summed E-state index contributed by atoms with van der Waals surface area (Å²) in [5, 5.41) is 3.00. The van der Waals surface area contributed by atoms with Gasteiger partial charge < -0.3 is 19.9 Å². The SMILES string of the molecule is CN(C)Cc1ccccc1CNC(=O)c1ccc(N2CCOCC2)nc1. The number of nitrogens with zero attached hydrogens (tertiary/aromatic N) is 3. The lowest BCUT2D eigenvalue weighted by Crippen LogP contribution is -2.36. The predicted molar refractivity (Wildman–Crippen MR) is 102 cm³/mol. The minimum Gasteiger partial charge on any atom is -0.378 e. The monoisotopic (exact) mass is 354 g/mol. The largest absolute Gasteiger partial charge is 0.378 e. The first kappa shape index (κ1) is 18.4. The minimum absolute atomic E-state index is 0.106. The molecule has 1 aromatic heterocycles. The molecule has 1 amide bonds. The number of hydrogen-bond donors (Lipinski definition) is 1. The molecule has 0 spiro atoms. The van der Waals surface area contributed by atoms with E-state index >= 15 is 0 Å². The highest BCUT2D eigenvalue weighted by Gasteiger charge is 2.13. The average Bonchev–Trinajstić information content (AvgIpc) is 2.67. The van der Waals surface area contributed by atoms with E-state index in [1.165, 1.54) is 5.56 Å². The molecule has 6 heteroatoms. The predicted octanol–water partition coefficient (Wildman–Crippen LogP) is 1.91. The summed E-state index contributed by atoms with van der Waals surface area (Å²) in [6, 6.07) is 11.9. The average molecular weight is 354 g/mol. The molecular weight excluding hydrogens is 328 g/mol. The standard InChI is InChI=1S/C20H26N4O2/c1-23(2)15-18-6-4-3-5-16(18)13-22-20(25)17-7-8-19(21-14-17)24-9-11-26-12-10-24/h3-8,14H,9-13,15H2,1-2H3,(H,22,25). The molecule has 0 unspecified atom stereocenters. The van der Waals surface area contributed by atoms with Crippen molar-refractivity contribution < 1.29 is 9.53 Å². The molecule has 0 bridgehead atoms. The fourth-order valence-electron chi connectivity index (χ4n) is 3.00. The van der Waals surface area contributed by atoms with Crippen LogP contribution in [0.1, 0.15) is 21.5 Å². The molecular formula is C20H26N4O2. The number of anilines is 1. The topological polar surface area (TPSA) is 57.7 Å². The maximum absolute atomic E-state index is 12.4. The first-order valence-electron chi connectivity index (χ1n) is 8.92. The van der Waals surface area contributed by atoms with Gasteiger partial charge in [0.2, 0.25) is 0 Å². The van der Waals surface area contributed by atoms with Gasteiger partial charge in [-0.2, -0.15) is 0 Å². The molecule has 3 rings (SSSR count). The molecule has 1 aromatic carbocycles. The zero-order chi connectivity index (χ0) is 18.4. The van der Waals surface area contributed by atoms with Crippen molar-refractivity contribution in [3.63, 3.8) is 0 Å². The second kappa shape index (κ2) is 8.78. The number of pyridine rings is 1. The van der Waals surface area contributed by atoms with Gasteiger partial charge >= 0.3 is 0 Å². The van der Waals surface area contributed by atoms with Crippen LogP contribution in [-0.2, 0) is 17.8 Å². The Labute approximate surface area is 154 Å². The number of aromatic nitrogens is 1. The number of carbonyl (C=O) groups is 1. The number of nitrogens with one attached hydrogen (secondary N) is 1. The molecule has 1 aliphatic rings. The highest BCUT2D eigenvalue weighted by molar-refractivity contribution is 5.94. The Hall–Kier alpha value is -2.44. The Morgan fingerprint density at radius 2 is 1.88 bits per heavy atom. The smallest absolute Gasteiger partial charge is 0.253 e. The van der Waals surface area contributed by atoms with Gasteiger partial charge in [0.25, 0.3) is 5.91 Å². The zero-order valence-electron chi connectivity index (χ0n) is 15.4. The first-order chi connectivity index (χ1) is 12.6. The Bertz CT molecular complexity index is 725. The van der Waals surface area contributed by atoms with E-state index in [2.05, 4.69) is 32.2 Å². The van der Waals surface area contributed by atoms with E-state index < -0.39 is 0 Å². The number of amides is 1. The highest BCUT2D eigenvalue weighted by Crippen LogP contribution is 2.14. The van der Waals surface area contributed by atoms with Crippen molar-refractivity contribution in [3.05, 3.63) is 59.3 Å². The van der Waals surface area contributed by atoms with E-state index in [0.717, 1.165) is 44.2 Å². The van der Waals surface area contributed by atoms with Gasteiger partial charge in [0, 0.05) is 32.4 Å². The van der Waals surface area contributed by atoms with Crippen molar-refractivity contribution in [2.45, 2.75) is 13.1 Å². The zero-order valence-corrected chi connectivity index (χ0v) is 15.4. The maximum atomic E-state index is 12.4. The van der Waals surface area contributed by atoms with Gasteiger partial charge in [0.1, 0.15) is 5.82 Å². The molecule has 6 nitrogen and oxygen atoms in total. The molecule has 1 fully saturated rings. The minimum atomic E-state index is -0.106. The summed E-state index contributed by atoms with van der Waals surface area (Å²) in [6.07, 6.45) is 1.64. The second-order valence-electron chi connectivity index (χ2n) is 6.69. The number of benzene rings is 1. The van der Waals surface area contributed by atoms with Crippen molar-refractivity contribution in [1.29, 1.82) is 0 Å². The van der Waals surface area contributed by atoms with Crippen LogP contribution >= 0.6 is 0 Å². The summed E-state index contributed by atoms with van der Waals surface area (Å²) in [4.78, 5) is 21.2. The van der Waals surface area contributed by atoms with E-state index in [4.69, 9.17) is 4.74 Å². The van der Waals surface area contributed by atoms with E-state index in [0.29, 0.717) is 12.1 Å². The van der Waals surface area contributed by atoms with Gasteiger partial charge in [-0.25, -0.2) is 4.98 Å². The summed E-state index contributed by atoms with van der Waals surface area (Å²) < 4.78 is 5.35. The van der Waals surface area contributed by atoms with Crippen LogP contribution < -0.4 is 10.2 Å². The van der Waals surface area contributed by atoms with Crippen LogP contribution in [0.25, 0.3) is 0 Å². The molecule has 1 aliphatic heterocycles. The molecule has 0 radical (unpaired) electrons. The molecule has 0 atom stereocenters. The van der Waals surface area contributed by atoms with E-state index in [-0.39, 0.29) is 5.91 Å². The van der Waals surface area contributed by atoms with Crippen LogP contribution in [0.5, 0.6) is 0 Å². The normalized spacial score (nSPS) is 14.5.